The molecule has 1 aliphatic carbocycles. The van der Waals surface area contributed by atoms with Crippen LogP contribution in [0, 0.1) is 12.7 Å². The van der Waals surface area contributed by atoms with Crippen LogP contribution in [0.2, 0.25) is 0 Å². The summed E-state index contributed by atoms with van der Waals surface area (Å²) in [5.41, 5.74) is 6.30. The molecule has 0 fully saturated rings. The molecule has 0 aromatic heterocycles. The van der Waals surface area contributed by atoms with Crippen LogP contribution in [-0.4, -0.2) is 12.8 Å². The van der Waals surface area contributed by atoms with E-state index < -0.39 is 0 Å². The molecular weight excluding hydrogens is 213 g/mol. The van der Waals surface area contributed by atoms with E-state index in [0.717, 1.165) is 28.0 Å². The number of rotatable bonds is 0. The SMILES string of the molecule is CN=C1c2cc(C)ccc2-c2ccc(F)cc21. The lowest BCUT2D eigenvalue weighted by Crippen LogP contribution is -1.98. The molecule has 0 amide bonds. The van der Waals surface area contributed by atoms with Gasteiger partial charge in [0, 0.05) is 18.2 Å². The lowest BCUT2D eigenvalue weighted by molar-refractivity contribution is 0.628. The molecule has 0 unspecified atom stereocenters. The van der Waals surface area contributed by atoms with Crippen LogP contribution in [0.3, 0.4) is 0 Å². The van der Waals surface area contributed by atoms with Crippen molar-refractivity contribution in [2.45, 2.75) is 6.92 Å². The Bertz CT molecular complexity index is 588. The van der Waals surface area contributed by atoms with Crippen LogP contribution >= 0.6 is 0 Å². The Kier molecular flexibility index (Phi) is 2.11. The average molecular weight is 225 g/mol. The molecule has 0 atom stereocenters. The summed E-state index contributed by atoms with van der Waals surface area (Å²) in [5, 5.41) is 0. The number of hydrogen-bond donors (Lipinski definition) is 0. The normalized spacial score (nSPS) is 14.9. The lowest BCUT2D eigenvalue weighted by Gasteiger charge is -2.01. The molecule has 2 heteroatoms. The van der Waals surface area contributed by atoms with E-state index in [4.69, 9.17) is 0 Å². The summed E-state index contributed by atoms with van der Waals surface area (Å²) in [6.45, 7) is 2.05. The molecular formula is C15H12FN. The summed E-state index contributed by atoms with van der Waals surface area (Å²) in [5.74, 6) is -0.213. The van der Waals surface area contributed by atoms with Crippen molar-refractivity contribution in [3.8, 4) is 11.1 Å². The molecule has 0 saturated heterocycles. The molecule has 0 radical (unpaired) electrons. The first-order valence-electron chi connectivity index (χ1n) is 5.59. The molecule has 0 spiro atoms. The Balaban J connectivity index is 2.37. The molecule has 0 bridgehead atoms. The first-order chi connectivity index (χ1) is 8.20. The fourth-order valence-electron chi connectivity index (χ4n) is 2.42. The molecule has 0 saturated carbocycles. The highest BCUT2D eigenvalue weighted by Gasteiger charge is 2.24. The van der Waals surface area contributed by atoms with Crippen LogP contribution in [0.5, 0.6) is 0 Å². The van der Waals surface area contributed by atoms with E-state index in [1.54, 1.807) is 13.1 Å². The van der Waals surface area contributed by atoms with E-state index in [2.05, 4.69) is 30.1 Å². The standard InChI is InChI=1S/C15H12FN/c1-9-3-5-11-12-6-4-10(16)8-14(12)15(17-2)13(11)7-9/h3-8H,1-2H3. The van der Waals surface area contributed by atoms with Gasteiger partial charge in [0.05, 0.1) is 5.71 Å². The first-order valence-corrected chi connectivity index (χ1v) is 5.59. The van der Waals surface area contributed by atoms with Gasteiger partial charge in [-0.3, -0.25) is 4.99 Å². The Labute approximate surface area is 99.6 Å². The van der Waals surface area contributed by atoms with E-state index in [0.29, 0.717) is 0 Å². The van der Waals surface area contributed by atoms with Crippen molar-refractivity contribution >= 4 is 5.71 Å². The van der Waals surface area contributed by atoms with Crippen molar-refractivity contribution in [2.75, 3.05) is 7.05 Å². The van der Waals surface area contributed by atoms with Crippen molar-refractivity contribution in [3.63, 3.8) is 0 Å². The third kappa shape index (κ3) is 1.41. The smallest absolute Gasteiger partial charge is 0.123 e. The van der Waals surface area contributed by atoms with Gasteiger partial charge in [-0.25, -0.2) is 4.39 Å². The van der Waals surface area contributed by atoms with E-state index in [-0.39, 0.29) is 5.82 Å². The van der Waals surface area contributed by atoms with E-state index >= 15 is 0 Å². The number of benzene rings is 2. The zero-order valence-electron chi connectivity index (χ0n) is 9.79. The second kappa shape index (κ2) is 3.52. The van der Waals surface area contributed by atoms with Crippen LogP contribution < -0.4 is 0 Å². The molecule has 2 aromatic rings. The number of hydrogen-bond acceptors (Lipinski definition) is 1. The van der Waals surface area contributed by atoms with Gasteiger partial charge in [0.15, 0.2) is 0 Å². The van der Waals surface area contributed by atoms with Gasteiger partial charge in [0.2, 0.25) is 0 Å². The van der Waals surface area contributed by atoms with Gasteiger partial charge in [-0.2, -0.15) is 0 Å². The van der Waals surface area contributed by atoms with Crippen LogP contribution in [0.15, 0.2) is 41.4 Å². The maximum atomic E-state index is 13.3. The van der Waals surface area contributed by atoms with Gasteiger partial charge in [-0.15, -0.1) is 0 Å². The maximum Gasteiger partial charge on any atom is 0.123 e. The minimum Gasteiger partial charge on any atom is -0.287 e. The zero-order chi connectivity index (χ0) is 12.0. The molecule has 0 N–H and O–H groups in total. The second-order valence-corrected chi connectivity index (χ2v) is 4.31. The summed E-state index contributed by atoms with van der Waals surface area (Å²) in [7, 11) is 1.75. The monoisotopic (exact) mass is 225 g/mol. The number of fused-ring (bicyclic) bond motifs is 3. The topological polar surface area (TPSA) is 12.4 Å². The van der Waals surface area contributed by atoms with Gasteiger partial charge < -0.3 is 0 Å². The van der Waals surface area contributed by atoms with Crippen molar-refractivity contribution in [2.24, 2.45) is 4.99 Å². The van der Waals surface area contributed by atoms with Gasteiger partial charge in [-0.1, -0.05) is 23.8 Å². The number of aryl methyl sites for hydroxylation is 1. The Hall–Kier alpha value is -1.96. The summed E-state index contributed by atoms with van der Waals surface area (Å²) >= 11 is 0. The maximum absolute atomic E-state index is 13.3. The largest absolute Gasteiger partial charge is 0.287 e. The third-order valence-electron chi connectivity index (χ3n) is 3.18. The van der Waals surface area contributed by atoms with E-state index in [1.165, 1.54) is 11.6 Å². The summed E-state index contributed by atoms with van der Waals surface area (Å²) in [4.78, 5) is 4.30. The first kappa shape index (κ1) is 10.2. The molecule has 1 nitrogen and oxygen atoms in total. The average Bonchev–Trinajstić information content (AvgIpc) is 2.60. The van der Waals surface area contributed by atoms with Gasteiger partial charge >= 0.3 is 0 Å². The van der Waals surface area contributed by atoms with Crippen LogP contribution in [0.1, 0.15) is 16.7 Å². The van der Waals surface area contributed by atoms with Gasteiger partial charge in [0.1, 0.15) is 5.82 Å². The quantitative estimate of drug-likeness (QED) is 0.554. The summed E-state index contributed by atoms with van der Waals surface area (Å²) < 4.78 is 13.3. The predicted octanol–water partition coefficient (Wildman–Crippen LogP) is 3.58. The van der Waals surface area contributed by atoms with Gasteiger partial charge in [-0.05, 0) is 36.2 Å². The summed E-state index contributed by atoms with van der Waals surface area (Å²) in [6, 6.07) is 11.2. The highest BCUT2D eigenvalue weighted by atomic mass is 19.1. The minimum absolute atomic E-state index is 0.213. The van der Waals surface area contributed by atoms with Crippen molar-refractivity contribution in [1.29, 1.82) is 0 Å². The Morgan fingerprint density at radius 1 is 0.882 bits per heavy atom. The third-order valence-corrected chi connectivity index (χ3v) is 3.18. The van der Waals surface area contributed by atoms with Crippen molar-refractivity contribution in [3.05, 3.63) is 58.9 Å². The molecule has 0 aliphatic heterocycles. The highest BCUT2D eigenvalue weighted by molar-refractivity contribution is 6.24. The Morgan fingerprint density at radius 2 is 1.53 bits per heavy atom. The lowest BCUT2D eigenvalue weighted by atomic mass is 10.0. The van der Waals surface area contributed by atoms with Crippen molar-refractivity contribution in [1.82, 2.24) is 0 Å². The van der Waals surface area contributed by atoms with E-state index in [1.807, 2.05) is 6.07 Å². The molecule has 2 aromatic carbocycles. The van der Waals surface area contributed by atoms with Crippen LogP contribution in [0.25, 0.3) is 11.1 Å². The number of nitrogens with zero attached hydrogens (tertiary/aromatic N) is 1. The highest BCUT2D eigenvalue weighted by Crippen LogP contribution is 2.37. The molecule has 1 aliphatic rings. The fourth-order valence-corrected chi connectivity index (χ4v) is 2.42. The molecule has 3 rings (SSSR count). The van der Waals surface area contributed by atoms with E-state index in [9.17, 15) is 4.39 Å². The number of aliphatic imine (C=N–C) groups is 1. The van der Waals surface area contributed by atoms with Crippen LogP contribution in [0.4, 0.5) is 4.39 Å². The zero-order valence-corrected chi connectivity index (χ0v) is 9.79. The minimum atomic E-state index is -0.213. The number of halogens is 1. The van der Waals surface area contributed by atoms with Gasteiger partial charge in [0.25, 0.3) is 0 Å². The van der Waals surface area contributed by atoms with Crippen LogP contribution in [-0.2, 0) is 0 Å². The molecule has 84 valence electrons. The fraction of sp³-hybridized carbons (Fsp3) is 0.133. The second-order valence-electron chi connectivity index (χ2n) is 4.31. The Morgan fingerprint density at radius 3 is 2.24 bits per heavy atom. The predicted molar refractivity (Wildman–Crippen MR) is 68.1 cm³/mol. The van der Waals surface area contributed by atoms with Crippen molar-refractivity contribution < 1.29 is 4.39 Å². The molecule has 17 heavy (non-hydrogen) atoms. The molecule has 0 heterocycles. The summed E-state index contributed by atoms with van der Waals surface area (Å²) in [6.07, 6.45) is 0.